The molecule has 0 aliphatic heterocycles. The highest BCUT2D eigenvalue weighted by atomic mass is 31.2. The Hall–Kier alpha value is -0.660. The molecule has 1 saturated carbocycles. The van der Waals surface area contributed by atoms with Crippen molar-refractivity contribution < 1.29 is 58.3 Å². The molecule has 1 fully saturated rings. The molecule has 1 rings (SSSR count). The topological polar surface area (TPSA) is 192 Å². The van der Waals surface area contributed by atoms with Crippen molar-refractivity contribution in [3.63, 3.8) is 0 Å². The molecule has 1 aliphatic carbocycles. The Morgan fingerprint density at radius 2 is 0.671 bits per heavy atom. The zero-order valence-electron chi connectivity index (χ0n) is 45.4. The quantitative estimate of drug-likeness (QED) is 0.0192. The minimum Gasteiger partial charge on any atom is -0.457 e. The number of aliphatic hydroxyl groups excluding tert-OH is 5. The van der Waals surface area contributed by atoms with E-state index in [1.165, 1.54) is 231 Å². The van der Waals surface area contributed by atoms with Gasteiger partial charge < -0.3 is 39.9 Å². The first kappa shape index (κ1) is 67.4. The highest BCUT2D eigenvalue weighted by Gasteiger charge is 2.51. The van der Waals surface area contributed by atoms with Crippen molar-refractivity contribution in [3.8, 4) is 0 Å². The summed E-state index contributed by atoms with van der Waals surface area (Å²) in [6.07, 6.45) is 43.2. The summed E-state index contributed by atoms with van der Waals surface area (Å²) in [5.74, 6) is -0.466. The van der Waals surface area contributed by atoms with Gasteiger partial charge >= 0.3 is 13.8 Å². The van der Waals surface area contributed by atoms with Crippen molar-refractivity contribution in [2.24, 2.45) is 0 Å². The molecule has 6 atom stereocenters. The first-order valence-corrected chi connectivity index (χ1v) is 31.4. The predicted octanol–water partition coefficient (Wildman–Crippen LogP) is 14.4. The Labute approximate surface area is 429 Å². The average molecular weight is 1020 g/mol. The minimum atomic E-state index is -5.02. The van der Waals surface area contributed by atoms with Crippen molar-refractivity contribution in [1.29, 1.82) is 0 Å². The number of hydrogen-bond acceptors (Lipinski definition) is 11. The summed E-state index contributed by atoms with van der Waals surface area (Å²) in [4.78, 5) is 23.3. The fourth-order valence-corrected chi connectivity index (χ4v) is 10.7. The SMILES string of the molecule is CCCCCCCCCCCCCCCCCCCCCCCCC(=O)OC(COCCCCCCCCCCCCCCCCCCCCCCC)COP(=O)(O)OC1C(O)C(O)C(O)C(O)C1O. The molecule has 13 heteroatoms. The summed E-state index contributed by atoms with van der Waals surface area (Å²) in [7, 11) is -5.02. The predicted molar refractivity (Wildman–Crippen MR) is 286 cm³/mol. The highest BCUT2D eigenvalue weighted by Crippen LogP contribution is 2.47. The van der Waals surface area contributed by atoms with Crippen LogP contribution < -0.4 is 0 Å². The summed E-state index contributed by atoms with van der Waals surface area (Å²) >= 11 is 0. The number of ether oxygens (including phenoxy) is 2. The van der Waals surface area contributed by atoms with Gasteiger partial charge in [-0.05, 0) is 12.8 Å². The molecule has 0 radical (unpaired) electrons. The maximum Gasteiger partial charge on any atom is 0.472 e. The summed E-state index contributed by atoms with van der Waals surface area (Å²) in [5, 5.41) is 50.4. The average Bonchev–Trinajstić information content (AvgIpc) is 3.35. The molecule has 0 bridgehead atoms. The van der Waals surface area contributed by atoms with E-state index in [9.17, 15) is 39.8 Å². The molecule has 418 valence electrons. The normalized spacial score (nSPS) is 20.7. The third-order valence-electron chi connectivity index (χ3n) is 14.5. The van der Waals surface area contributed by atoms with E-state index in [4.69, 9.17) is 18.5 Å². The van der Waals surface area contributed by atoms with Gasteiger partial charge in [0.05, 0.1) is 13.2 Å². The molecule has 1 aliphatic rings. The van der Waals surface area contributed by atoms with Crippen LogP contribution in [0.3, 0.4) is 0 Å². The van der Waals surface area contributed by atoms with Gasteiger partial charge in [0, 0.05) is 13.0 Å². The molecule has 0 heterocycles. The highest BCUT2D eigenvalue weighted by molar-refractivity contribution is 7.47. The van der Waals surface area contributed by atoms with E-state index < -0.39 is 63.1 Å². The van der Waals surface area contributed by atoms with Crippen LogP contribution >= 0.6 is 7.82 Å². The summed E-state index contributed by atoms with van der Waals surface area (Å²) in [5.41, 5.74) is 0. The Morgan fingerprint density at radius 1 is 0.400 bits per heavy atom. The lowest BCUT2D eigenvalue weighted by atomic mass is 9.85. The van der Waals surface area contributed by atoms with Gasteiger partial charge in [0.1, 0.15) is 42.7 Å². The van der Waals surface area contributed by atoms with E-state index in [1.54, 1.807) is 0 Å². The molecular formula is C57H113O12P. The molecule has 6 N–H and O–H groups in total. The fraction of sp³-hybridized carbons (Fsp3) is 0.982. The zero-order chi connectivity index (χ0) is 51.2. The van der Waals surface area contributed by atoms with Gasteiger partial charge in [-0.1, -0.05) is 277 Å². The van der Waals surface area contributed by atoms with Gasteiger partial charge in [-0.3, -0.25) is 13.8 Å². The van der Waals surface area contributed by atoms with Crippen LogP contribution in [0.4, 0.5) is 0 Å². The molecule has 0 aromatic carbocycles. The molecule has 0 amide bonds. The summed E-state index contributed by atoms with van der Waals surface area (Å²) in [6, 6.07) is 0. The van der Waals surface area contributed by atoms with E-state index >= 15 is 0 Å². The van der Waals surface area contributed by atoms with Crippen molar-refractivity contribution in [3.05, 3.63) is 0 Å². The van der Waals surface area contributed by atoms with E-state index in [0.717, 1.165) is 38.5 Å². The molecule has 6 unspecified atom stereocenters. The smallest absolute Gasteiger partial charge is 0.457 e. The van der Waals surface area contributed by atoms with Gasteiger partial charge in [0.2, 0.25) is 0 Å². The van der Waals surface area contributed by atoms with Crippen LogP contribution in [0.5, 0.6) is 0 Å². The Balaban J connectivity index is 2.24. The number of hydrogen-bond donors (Lipinski definition) is 6. The minimum absolute atomic E-state index is 0.0669. The number of esters is 1. The maximum absolute atomic E-state index is 12.9. The van der Waals surface area contributed by atoms with E-state index in [0.29, 0.717) is 13.0 Å². The Morgan fingerprint density at radius 3 is 0.986 bits per heavy atom. The van der Waals surface area contributed by atoms with Crippen LogP contribution in [-0.2, 0) is 27.9 Å². The maximum atomic E-state index is 12.9. The largest absolute Gasteiger partial charge is 0.472 e. The van der Waals surface area contributed by atoms with Crippen LogP contribution in [0.15, 0.2) is 0 Å². The number of rotatable bonds is 53. The monoisotopic (exact) mass is 1020 g/mol. The number of carbonyl (C=O) groups excluding carboxylic acids is 1. The van der Waals surface area contributed by atoms with Crippen LogP contribution in [-0.4, -0.2) is 98.9 Å². The standard InChI is InChI=1S/C57H113O12P/c1-3-5-7-9-11-13-15-17-19-21-23-25-26-28-30-32-34-36-38-40-42-44-46-51(58)68-50(49-67-70(64,65)69-57-55(62)53(60)52(59)54(61)56(57)63)48-66-47-45-43-41-39-37-35-33-31-29-27-24-22-20-18-16-14-12-10-8-6-4-2/h50,52-57,59-63H,3-49H2,1-2H3,(H,64,65). The molecule has 0 saturated heterocycles. The second-order valence-electron chi connectivity index (χ2n) is 21.2. The zero-order valence-corrected chi connectivity index (χ0v) is 46.2. The molecule has 12 nitrogen and oxygen atoms in total. The molecule has 0 aromatic heterocycles. The van der Waals surface area contributed by atoms with Crippen molar-refractivity contribution in [2.45, 2.75) is 339 Å². The summed E-state index contributed by atoms with van der Waals surface area (Å²) in [6.45, 7) is 4.35. The first-order valence-electron chi connectivity index (χ1n) is 29.9. The number of phosphoric ester groups is 1. The lowest BCUT2D eigenvalue weighted by Gasteiger charge is -2.41. The van der Waals surface area contributed by atoms with Crippen LogP contribution in [0, 0.1) is 0 Å². The van der Waals surface area contributed by atoms with Crippen LogP contribution in [0.25, 0.3) is 0 Å². The Kier molecular flexibility index (Phi) is 46.2. The van der Waals surface area contributed by atoms with E-state index in [1.807, 2.05) is 0 Å². The van der Waals surface area contributed by atoms with Gasteiger partial charge in [-0.2, -0.15) is 0 Å². The summed E-state index contributed by atoms with van der Waals surface area (Å²) < 4.78 is 34.5. The van der Waals surface area contributed by atoms with E-state index in [2.05, 4.69) is 13.8 Å². The second-order valence-corrected chi connectivity index (χ2v) is 22.6. The lowest BCUT2D eigenvalue weighted by Crippen LogP contribution is -2.64. The molecule has 0 aromatic rings. The molecule has 70 heavy (non-hydrogen) atoms. The van der Waals surface area contributed by atoms with Crippen LogP contribution in [0.1, 0.15) is 296 Å². The number of phosphoric acid groups is 1. The number of unbranched alkanes of at least 4 members (excludes halogenated alkanes) is 41. The first-order chi connectivity index (χ1) is 34.0. The van der Waals surface area contributed by atoms with E-state index in [-0.39, 0.29) is 13.0 Å². The third kappa shape index (κ3) is 38.9. The number of aliphatic hydroxyl groups is 5. The van der Waals surface area contributed by atoms with Gasteiger partial charge in [-0.15, -0.1) is 0 Å². The second kappa shape index (κ2) is 48.0. The van der Waals surface area contributed by atoms with Gasteiger partial charge in [0.15, 0.2) is 0 Å². The lowest BCUT2D eigenvalue weighted by molar-refractivity contribution is -0.220. The number of carbonyl (C=O) groups is 1. The molecular weight excluding hydrogens is 908 g/mol. The van der Waals surface area contributed by atoms with Crippen molar-refractivity contribution in [2.75, 3.05) is 19.8 Å². The third-order valence-corrected chi connectivity index (χ3v) is 15.5. The van der Waals surface area contributed by atoms with Crippen molar-refractivity contribution in [1.82, 2.24) is 0 Å². The van der Waals surface area contributed by atoms with Crippen LogP contribution in [0.2, 0.25) is 0 Å². The van der Waals surface area contributed by atoms with Crippen molar-refractivity contribution >= 4 is 13.8 Å². The molecule has 0 spiro atoms. The fourth-order valence-electron chi connectivity index (χ4n) is 9.77. The Bertz CT molecular complexity index is 1160. The van der Waals surface area contributed by atoms with Gasteiger partial charge in [0.25, 0.3) is 0 Å². The van der Waals surface area contributed by atoms with Gasteiger partial charge in [-0.25, -0.2) is 4.57 Å².